The van der Waals surface area contributed by atoms with Crippen LogP contribution in [0.3, 0.4) is 0 Å². The molecule has 98 heavy (non-hydrogen) atoms. The minimum Gasteiger partial charge on any atom is -0.462 e. The molecule has 0 amide bonds. The Bertz CT molecular complexity index is 2340. The highest BCUT2D eigenvalue weighted by molar-refractivity contribution is 7.47. The molecule has 0 fully saturated rings. The number of hydrogen-bond donors (Lipinski definition) is 3. The van der Waals surface area contributed by atoms with Gasteiger partial charge in [0.2, 0.25) is 0 Å². The number of ether oxygens (including phenoxy) is 4. The van der Waals surface area contributed by atoms with Crippen LogP contribution >= 0.6 is 15.6 Å². The van der Waals surface area contributed by atoms with Gasteiger partial charge in [0.05, 0.1) is 32.8 Å². The summed E-state index contributed by atoms with van der Waals surface area (Å²) in [4.78, 5) is 72.7. The molecular weight excluding hydrogens is 1280 g/mol. The minimum absolute atomic E-state index is 0.0711. The average molecular weight is 1420 g/mol. The van der Waals surface area contributed by atoms with E-state index in [-0.39, 0.29) is 25.7 Å². The molecule has 0 aliphatic carbocycles. The van der Waals surface area contributed by atoms with Gasteiger partial charge in [-0.2, -0.15) is 0 Å². The van der Waals surface area contributed by atoms with Crippen LogP contribution in [-0.2, 0) is 65.4 Å². The lowest BCUT2D eigenvalue weighted by atomic mass is 10.0. The molecule has 17 nitrogen and oxygen atoms in total. The molecule has 0 spiro atoms. The third kappa shape index (κ3) is 69.9. The second kappa shape index (κ2) is 70.9. The van der Waals surface area contributed by atoms with E-state index in [1.165, 1.54) is 103 Å². The summed E-state index contributed by atoms with van der Waals surface area (Å²) in [6, 6.07) is 0. The summed E-state index contributed by atoms with van der Waals surface area (Å²) in [6.07, 6.45) is 76.6. The van der Waals surface area contributed by atoms with Crippen LogP contribution in [0.15, 0.2) is 122 Å². The number of hydrogen-bond acceptors (Lipinski definition) is 15. The first-order valence-electron chi connectivity index (χ1n) is 37.8. The number of aliphatic hydroxyl groups is 1. The second-order valence-corrected chi connectivity index (χ2v) is 27.8. The molecule has 0 aliphatic rings. The third-order valence-corrected chi connectivity index (χ3v) is 17.4. The van der Waals surface area contributed by atoms with E-state index in [1.807, 2.05) is 30.4 Å². The van der Waals surface area contributed by atoms with Crippen molar-refractivity contribution in [3.05, 3.63) is 122 Å². The molecule has 0 aromatic heterocycles. The summed E-state index contributed by atoms with van der Waals surface area (Å²) in [7, 11) is -9.98. The fourth-order valence-electron chi connectivity index (χ4n) is 9.80. The Morgan fingerprint density at radius 1 is 0.306 bits per heavy atom. The van der Waals surface area contributed by atoms with Crippen molar-refractivity contribution in [2.45, 2.75) is 316 Å². The summed E-state index contributed by atoms with van der Waals surface area (Å²) < 4.78 is 68.2. The van der Waals surface area contributed by atoms with E-state index in [2.05, 4.69) is 113 Å². The predicted molar refractivity (Wildman–Crippen MR) is 399 cm³/mol. The number of carbonyl (C=O) groups excluding carboxylic acids is 4. The van der Waals surface area contributed by atoms with Crippen molar-refractivity contribution in [3.8, 4) is 0 Å². The van der Waals surface area contributed by atoms with Gasteiger partial charge in [0.15, 0.2) is 12.2 Å². The lowest BCUT2D eigenvalue weighted by Gasteiger charge is -2.21. The largest absolute Gasteiger partial charge is 0.472 e. The van der Waals surface area contributed by atoms with E-state index in [1.54, 1.807) is 6.08 Å². The van der Waals surface area contributed by atoms with Gasteiger partial charge < -0.3 is 33.8 Å². The van der Waals surface area contributed by atoms with Crippen LogP contribution in [0.1, 0.15) is 297 Å². The molecule has 5 unspecified atom stereocenters. The van der Waals surface area contributed by atoms with Gasteiger partial charge in [-0.1, -0.05) is 303 Å². The van der Waals surface area contributed by atoms with Gasteiger partial charge in [0, 0.05) is 19.3 Å². The number of phosphoric acid groups is 2. The Labute approximate surface area is 593 Å². The van der Waals surface area contributed by atoms with Crippen molar-refractivity contribution >= 4 is 39.5 Å². The van der Waals surface area contributed by atoms with Gasteiger partial charge in [-0.3, -0.25) is 37.3 Å². The summed E-state index contributed by atoms with van der Waals surface area (Å²) in [5.74, 6) is -2.38. The van der Waals surface area contributed by atoms with Crippen LogP contribution in [0.5, 0.6) is 0 Å². The normalized spacial score (nSPS) is 14.6. The average Bonchev–Trinajstić information content (AvgIpc) is 0.969. The molecule has 0 aliphatic heterocycles. The first-order chi connectivity index (χ1) is 47.7. The Kier molecular flexibility index (Phi) is 67.6. The molecule has 0 heterocycles. The number of phosphoric ester groups is 2. The number of aliphatic hydroxyl groups excluding tert-OH is 1. The molecule has 0 aromatic carbocycles. The maximum absolute atomic E-state index is 13.1. The van der Waals surface area contributed by atoms with Gasteiger partial charge in [0.25, 0.3) is 0 Å². The number of allylic oxidation sites excluding steroid dienone is 19. The fourth-order valence-corrected chi connectivity index (χ4v) is 11.4. The molecule has 0 rings (SSSR count). The van der Waals surface area contributed by atoms with Crippen molar-refractivity contribution in [1.29, 1.82) is 0 Å². The molecule has 562 valence electrons. The lowest BCUT2D eigenvalue weighted by molar-refractivity contribution is -0.161. The fraction of sp³-hybridized carbons (Fsp3) is 0.696. The van der Waals surface area contributed by atoms with Crippen LogP contribution in [0.2, 0.25) is 0 Å². The van der Waals surface area contributed by atoms with E-state index in [0.29, 0.717) is 32.1 Å². The van der Waals surface area contributed by atoms with Crippen molar-refractivity contribution in [2.24, 2.45) is 0 Å². The van der Waals surface area contributed by atoms with Crippen molar-refractivity contribution < 1.29 is 80.2 Å². The Hall–Kier alpha value is -4.54. The summed E-state index contributed by atoms with van der Waals surface area (Å²) in [6.45, 7) is 4.47. The van der Waals surface area contributed by atoms with Crippen LogP contribution in [0, 0.1) is 0 Å². The Morgan fingerprint density at radius 3 is 0.898 bits per heavy atom. The number of unbranched alkanes of at least 4 members (excludes halogenated alkanes) is 25. The quantitative estimate of drug-likeness (QED) is 0.0169. The highest BCUT2D eigenvalue weighted by atomic mass is 31.2. The van der Waals surface area contributed by atoms with Gasteiger partial charge in [-0.25, -0.2) is 9.13 Å². The maximum Gasteiger partial charge on any atom is 0.472 e. The van der Waals surface area contributed by atoms with Crippen molar-refractivity contribution in [1.82, 2.24) is 0 Å². The van der Waals surface area contributed by atoms with Crippen LogP contribution in [-0.4, -0.2) is 96.7 Å². The van der Waals surface area contributed by atoms with E-state index >= 15 is 0 Å². The first kappa shape index (κ1) is 93.5. The van der Waals surface area contributed by atoms with Crippen molar-refractivity contribution in [3.63, 3.8) is 0 Å². The summed E-state index contributed by atoms with van der Waals surface area (Å²) in [5, 5.41) is 10.6. The molecule has 3 N–H and O–H groups in total. The molecule has 0 radical (unpaired) electrons. The van der Waals surface area contributed by atoms with E-state index in [9.17, 15) is 43.2 Å². The minimum atomic E-state index is -4.99. The van der Waals surface area contributed by atoms with Crippen LogP contribution < -0.4 is 0 Å². The van der Waals surface area contributed by atoms with Crippen LogP contribution in [0.4, 0.5) is 0 Å². The highest BCUT2D eigenvalue weighted by Crippen LogP contribution is 2.45. The smallest absolute Gasteiger partial charge is 0.462 e. The van der Waals surface area contributed by atoms with Crippen LogP contribution in [0.25, 0.3) is 0 Å². The molecule has 0 saturated carbocycles. The summed E-state index contributed by atoms with van der Waals surface area (Å²) >= 11 is 0. The predicted octanol–water partition coefficient (Wildman–Crippen LogP) is 21.6. The molecule has 0 saturated heterocycles. The first-order valence-corrected chi connectivity index (χ1v) is 40.8. The topological polar surface area (TPSA) is 237 Å². The van der Waals surface area contributed by atoms with Gasteiger partial charge in [-0.05, 0) is 89.9 Å². The van der Waals surface area contributed by atoms with E-state index < -0.39 is 97.5 Å². The van der Waals surface area contributed by atoms with E-state index in [4.69, 9.17) is 37.0 Å². The molecule has 0 aromatic rings. The van der Waals surface area contributed by atoms with Gasteiger partial charge >= 0.3 is 39.5 Å². The standard InChI is InChI=1S/C79H134O17P2/c1-5-9-13-17-21-25-29-33-35-36-38-42-44-48-52-56-60-64-77(82)90-70-75(96-79(84)66-62-58-54-50-46-40-32-28-24-20-16-12-8-4)72-94-98(87,88)92-68-73(80)67-91-97(85,86)93-71-74(95-78(83)65-61-57-53-49-45-39-31-27-23-19-15-11-7-3)69-89-76(81)63-59-55-51-47-43-41-37-34-30-26-22-18-14-10-6-2/h9-10,13-14,21-22,25-26,33-35,37-38,42-43,47-48,52,55,59,73-75,80H,5-8,11-12,15-20,23-24,27-32,36,39-41,44-46,49-51,53-54,56-58,60-72H2,1-4H3,(H,85,86)(H,87,88)/b13-9-,14-10-,25-21-,26-22-,35-33-,37-34-,42-38-,47-43-,52-48-,59-55-. The Balaban J connectivity index is 5.44. The molecule has 5 atom stereocenters. The zero-order valence-corrected chi connectivity index (χ0v) is 63.0. The van der Waals surface area contributed by atoms with Crippen molar-refractivity contribution in [2.75, 3.05) is 39.6 Å². The maximum atomic E-state index is 13.1. The SMILES string of the molecule is CC/C=C\C/C=C\C/C=C\C/C=C\C/C=C\CCCC(=O)OCC(COP(=O)(O)OCC(O)COP(=O)(O)OCC(COC(=O)C/C=C\C/C=C\C/C=C\C/C=C\C/C=C\CC)OC(=O)CCCCCCCCCCCCCCC)OC(=O)CCCCCCCCCCCCCCC. The lowest BCUT2D eigenvalue weighted by Crippen LogP contribution is -2.30. The second-order valence-electron chi connectivity index (χ2n) is 24.9. The third-order valence-electron chi connectivity index (χ3n) is 15.5. The zero-order chi connectivity index (χ0) is 71.8. The zero-order valence-electron chi connectivity index (χ0n) is 61.2. The summed E-state index contributed by atoms with van der Waals surface area (Å²) in [5.41, 5.74) is 0. The van der Waals surface area contributed by atoms with Gasteiger partial charge in [0.1, 0.15) is 19.3 Å². The molecule has 0 bridgehead atoms. The molecular formula is C79H134O17P2. The monoisotopic (exact) mass is 1420 g/mol. The molecule has 19 heteroatoms. The Morgan fingerprint density at radius 2 is 0.571 bits per heavy atom. The number of rotatable bonds is 70. The number of carbonyl (C=O) groups is 4. The van der Waals surface area contributed by atoms with Gasteiger partial charge in [-0.15, -0.1) is 0 Å². The number of esters is 4. The van der Waals surface area contributed by atoms with E-state index in [0.717, 1.165) is 109 Å². The highest BCUT2D eigenvalue weighted by Gasteiger charge is 2.30.